The van der Waals surface area contributed by atoms with Gasteiger partial charge in [0, 0.05) is 22.5 Å². The van der Waals surface area contributed by atoms with Crippen molar-refractivity contribution in [2.45, 2.75) is 0 Å². The first-order chi connectivity index (χ1) is 19.9. The van der Waals surface area contributed by atoms with Crippen molar-refractivity contribution in [3.8, 4) is 33.4 Å². The molecule has 0 saturated heterocycles. The van der Waals surface area contributed by atoms with Gasteiger partial charge in [0.15, 0.2) is 7.28 Å². The summed E-state index contributed by atoms with van der Waals surface area (Å²) < 4.78 is 0. The molecule has 1 nitrogen and oxygen atoms in total. The quantitative estimate of drug-likeness (QED) is 0.203. The van der Waals surface area contributed by atoms with Gasteiger partial charge in [-0.25, -0.2) is 0 Å². The summed E-state index contributed by atoms with van der Waals surface area (Å²) in [6, 6.07) is 49.6. The summed E-state index contributed by atoms with van der Waals surface area (Å²) in [6.45, 7) is 0.117. The highest BCUT2D eigenvalue weighted by molar-refractivity contribution is 7.56. The summed E-state index contributed by atoms with van der Waals surface area (Å²) >= 11 is 0. The van der Waals surface area contributed by atoms with Crippen LogP contribution in [-0.4, -0.2) is 14.1 Å². The lowest BCUT2D eigenvalue weighted by Gasteiger charge is -2.44. The minimum absolute atomic E-state index is 0.117. The maximum atomic E-state index is 2.61. The molecule has 6 aromatic rings. The molecule has 183 valence electrons. The number of para-hydroxylation sites is 1. The molecule has 3 heterocycles. The molecule has 0 bridgehead atoms. The van der Waals surface area contributed by atoms with E-state index >= 15 is 0 Å². The predicted molar refractivity (Wildman–Crippen MR) is 175 cm³/mol. The van der Waals surface area contributed by atoms with Gasteiger partial charge in [0.25, 0.3) is 0 Å². The first-order valence-corrected chi connectivity index (χ1v) is 14.9. The van der Waals surface area contributed by atoms with Gasteiger partial charge in [0.2, 0.25) is 0 Å². The Balaban J connectivity index is 1.41. The van der Waals surface area contributed by atoms with E-state index in [1.54, 1.807) is 0 Å². The van der Waals surface area contributed by atoms with E-state index < -0.39 is 0 Å². The molecule has 0 saturated carbocycles. The molecule has 6 aromatic carbocycles. The fourth-order valence-corrected chi connectivity index (χ4v) is 8.47. The molecule has 0 aromatic heterocycles. The second-order valence-electron chi connectivity index (χ2n) is 10.8. The SMILES string of the molecule is [B]1c2ccccc2-c2ccccc2Pc2cccc3c2-c2c1cccc2B1c2ccccc2-c2ccccc2N13. The average Bonchev–Trinajstić information content (AvgIpc) is 3.01. The van der Waals surface area contributed by atoms with E-state index in [9.17, 15) is 0 Å². The molecule has 40 heavy (non-hydrogen) atoms. The van der Waals surface area contributed by atoms with E-state index in [1.807, 2.05) is 0 Å². The molecule has 0 N–H and O–H groups in total. The standard InChI is InChI=1S/C36H23B2NP/c1-5-15-27-23(11-1)26-14-4-8-21-33(26)40-34-22-10-20-32-36(34)35-28(37-27)16-9-18-30(35)38-29-17-6-2-12-24(29)25-13-3-7-19-31(25)39(32)38/h1-22,40H. The van der Waals surface area contributed by atoms with Gasteiger partial charge >= 0.3 is 6.85 Å². The van der Waals surface area contributed by atoms with Crippen LogP contribution in [0.25, 0.3) is 33.4 Å². The third kappa shape index (κ3) is 3.10. The Morgan fingerprint density at radius 1 is 0.450 bits per heavy atom. The molecule has 0 aliphatic carbocycles. The van der Waals surface area contributed by atoms with Crippen molar-refractivity contribution in [2.24, 2.45) is 0 Å². The second kappa shape index (κ2) is 8.59. The van der Waals surface area contributed by atoms with Crippen LogP contribution >= 0.6 is 8.58 Å². The molecule has 0 spiro atoms. The number of hydrogen-bond donors (Lipinski definition) is 0. The van der Waals surface area contributed by atoms with Crippen molar-refractivity contribution in [1.29, 1.82) is 0 Å². The van der Waals surface area contributed by atoms with Crippen molar-refractivity contribution < 1.29 is 0 Å². The summed E-state index contributed by atoms with van der Waals surface area (Å²) in [4.78, 5) is 2.61. The molecule has 0 amide bonds. The Morgan fingerprint density at radius 3 is 2.00 bits per heavy atom. The summed E-state index contributed by atoms with van der Waals surface area (Å²) in [5, 5.41) is 2.80. The molecule has 0 fully saturated rings. The van der Waals surface area contributed by atoms with Gasteiger partial charge in [-0.3, -0.25) is 0 Å². The van der Waals surface area contributed by atoms with Gasteiger partial charge in [-0.15, -0.1) is 0 Å². The summed E-state index contributed by atoms with van der Waals surface area (Å²) in [5.74, 6) is 0. The van der Waals surface area contributed by atoms with Crippen LogP contribution in [-0.2, 0) is 0 Å². The van der Waals surface area contributed by atoms with E-state index in [-0.39, 0.29) is 6.85 Å². The molecule has 1 atom stereocenters. The predicted octanol–water partition coefficient (Wildman–Crippen LogP) is 4.86. The summed E-state index contributed by atoms with van der Waals surface area (Å²) in [6.07, 6.45) is 0. The topological polar surface area (TPSA) is 3.24 Å². The number of rotatable bonds is 0. The lowest BCUT2D eigenvalue weighted by molar-refractivity contribution is 1.36. The molecule has 1 unspecified atom stereocenters. The fourth-order valence-electron chi connectivity index (χ4n) is 7.09. The molecule has 9 rings (SSSR count). The first kappa shape index (κ1) is 22.5. The van der Waals surface area contributed by atoms with E-state index in [0.29, 0.717) is 8.58 Å². The summed E-state index contributed by atoms with van der Waals surface area (Å²) in [7, 11) is 2.97. The highest BCUT2D eigenvalue weighted by Crippen LogP contribution is 2.45. The lowest BCUT2D eigenvalue weighted by Crippen LogP contribution is -2.61. The number of benzene rings is 6. The highest BCUT2D eigenvalue weighted by atomic mass is 31.1. The van der Waals surface area contributed by atoms with Crippen LogP contribution < -0.4 is 37.3 Å². The van der Waals surface area contributed by atoms with Crippen LogP contribution in [0.15, 0.2) is 133 Å². The zero-order chi connectivity index (χ0) is 26.2. The average molecular weight is 522 g/mol. The van der Waals surface area contributed by atoms with E-state index in [2.05, 4.69) is 146 Å². The highest BCUT2D eigenvalue weighted by Gasteiger charge is 2.43. The summed E-state index contributed by atoms with van der Waals surface area (Å²) in [5.41, 5.74) is 15.9. The third-order valence-electron chi connectivity index (χ3n) is 8.70. The van der Waals surface area contributed by atoms with Crippen molar-refractivity contribution in [3.63, 3.8) is 0 Å². The molecule has 1 radical (unpaired) electrons. The Bertz CT molecular complexity index is 1840. The van der Waals surface area contributed by atoms with E-state index in [4.69, 9.17) is 0 Å². The van der Waals surface area contributed by atoms with E-state index in [1.165, 1.54) is 77.2 Å². The lowest BCUT2D eigenvalue weighted by atomic mass is 9.42. The zero-order valence-corrected chi connectivity index (χ0v) is 22.8. The molecule has 4 heteroatoms. The van der Waals surface area contributed by atoms with Crippen LogP contribution in [0.5, 0.6) is 0 Å². The van der Waals surface area contributed by atoms with Crippen LogP contribution in [0.3, 0.4) is 0 Å². The van der Waals surface area contributed by atoms with Crippen LogP contribution in [0.1, 0.15) is 0 Å². The fraction of sp³-hybridized carbons (Fsp3) is 0. The van der Waals surface area contributed by atoms with Gasteiger partial charge in [0.1, 0.15) is 0 Å². The van der Waals surface area contributed by atoms with Gasteiger partial charge < -0.3 is 4.81 Å². The molecular weight excluding hydrogens is 499 g/mol. The van der Waals surface area contributed by atoms with E-state index in [0.717, 1.165) is 0 Å². The number of hydrogen-bond acceptors (Lipinski definition) is 1. The van der Waals surface area contributed by atoms with Gasteiger partial charge in [-0.05, 0) is 55.9 Å². The largest absolute Gasteiger partial charge is 0.376 e. The second-order valence-corrected chi connectivity index (χ2v) is 12.1. The Hall–Kier alpha value is -4.32. The van der Waals surface area contributed by atoms with Gasteiger partial charge in [-0.1, -0.05) is 141 Å². The van der Waals surface area contributed by atoms with Gasteiger partial charge in [0.05, 0.1) is 0 Å². The normalized spacial score (nSPS) is 14.1. The Labute approximate surface area is 237 Å². The minimum atomic E-state index is 0.117. The minimum Gasteiger partial charge on any atom is -0.376 e. The number of nitrogens with zero attached hydrogens (tertiary/aromatic N) is 1. The zero-order valence-electron chi connectivity index (χ0n) is 21.8. The van der Waals surface area contributed by atoms with Crippen molar-refractivity contribution >= 4 is 66.5 Å². The van der Waals surface area contributed by atoms with Crippen molar-refractivity contribution in [1.82, 2.24) is 0 Å². The van der Waals surface area contributed by atoms with Crippen LogP contribution in [0, 0.1) is 0 Å². The maximum absolute atomic E-state index is 2.61. The molecule has 3 aliphatic rings. The van der Waals surface area contributed by atoms with Crippen LogP contribution in [0.2, 0.25) is 0 Å². The molecular formula is C36H23B2NP. The Morgan fingerprint density at radius 2 is 1.07 bits per heavy atom. The number of anilines is 2. The molecule has 3 aliphatic heterocycles. The van der Waals surface area contributed by atoms with Crippen LogP contribution in [0.4, 0.5) is 11.4 Å². The van der Waals surface area contributed by atoms with Crippen molar-refractivity contribution in [3.05, 3.63) is 133 Å². The first-order valence-electron chi connectivity index (χ1n) is 13.9. The third-order valence-corrected chi connectivity index (χ3v) is 10.1. The van der Waals surface area contributed by atoms with Crippen molar-refractivity contribution in [2.75, 3.05) is 4.81 Å². The smallest absolute Gasteiger partial charge is 0.329 e. The Kier molecular flexibility index (Phi) is 4.83. The number of fused-ring (bicyclic) bond motifs is 11. The maximum Gasteiger partial charge on any atom is 0.329 e. The van der Waals surface area contributed by atoms with Gasteiger partial charge in [-0.2, -0.15) is 0 Å². The monoisotopic (exact) mass is 522 g/mol.